The number of anilines is 1. The maximum absolute atomic E-state index is 16.0. The van der Waals surface area contributed by atoms with Crippen LogP contribution in [0.25, 0.3) is 0 Å². The average molecular weight is 719 g/mol. The van der Waals surface area contributed by atoms with Crippen LogP contribution in [0, 0.1) is 5.82 Å². The fourth-order valence-electron chi connectivity index (χ4n) is 6.73. The summed E-state index contributed by atoms with van der Waals surface area (Å²) >= 11 is 6.82. The van der Waals surface area contributed by atoms with Gasteiger partial charge in [0.25, 0.3) is 8.32 Å². The van der Waals surface area contributed by atoms with Gasteiger partial charge in [0.15, 0.2) is 11.5 Å². The van der Waals surface area contributed by atoms with E-state index >= 15 is 4.39 Å². The lowest BCUT2D eigenvalue weighted by molar-refractivity contribution is -0.00535. The lowest BCUT2D eigenvalue weighted by atomic mass is 10.1. The Labute approximate surface area is 303 Å². The molecule has 3 heterocycles. The van der Waals surface area contributed by atoms with Gasteiger partial charge in [0.05, 0.1) is 30.2 Å². The van der Waals surface area contributed by atoms with Crippen LogP contribution in [0.1, 0.15) is 84.2 Å². The minimum Gasteiger partial charge on any atom is -0.401 e. The number of hydrogen-bond acceptors (Lipinski definition) is 7. The molecule has 1 aliphatic rings. The number of ketones is 1. The largest absolute Gasteiger partial charge is 0.401 e. The second-order valence-corrected chi connectivity index (χ2v) is 19.2. The molecule has 2 aromatic heterocycles. The number of benzene rings is 2. The molecule has 0 bridgehead atoms. The van der Waals surface area contributed by atoms with Gasteiger partial charge in [-0.2, -0.15) is 0 Å². The van der Waals surface area contributed by atoms with Crippen LogP contribution in [0.3, 0.4) is 0 Å². The van der Waals surface area contributed by atoms with Gasteiger partial charge in [0, 0.05) is 31.4 Å². The molecule has 268 valence electrons. The second kappa shape index (κ2) is 17.2. The molecule has 50 heavy (non-hydrogen) atoms. The fraction of sp³-hybridized carbons (Fsp3) is 0.425. The van der Waals surface area contributed by atoms with Crippen molar-refractivity contribution < 1.29 is 18.3 Å². The van der Waals surface area contributed by atoms with Crippen molar-refractivity contribution in [2.24, 2.45) is 0 Å². The molecule has 0 aliphatic carbocycles. The number of nitrogens with one attached hydrogen (secondary N) is 1. The van der Waals surface area contributed by atoms with E-state index in [-0.39, 0.29) is 40.3 Å². The van der Waals surface area contributed by atoms with E-state index in [0.717, 1.165) is 10.4 Å². The lowest BCUT2D eigenvalue weighted by Crippen LogP contribution is -2.66. The van der Waals surface area contributed by atoms with Gasteiger partial charge >= 0.3 is 0 Å². The first-order valence-corrected chi connectivity index (χ1v) is 19.7. The molecule has 7 nitrogen and oxygen atoms in total. The number of aromatic nitrogens is 2. The summed E-state index contributed by atoms with van der Waals surface area (Å²) < 4.78 is 29.1. The third-order valence-corrected chi connectivity index (χ3v) is 13.8. The van der Waals surface area contributed by atoms with Crippen molar-refractivity contribution in [2.75, 3.05) is 18.0 Å². The van der Waals surface area contributed by atoms with Crippen molar-refractivity contribution in [1.82, 2.24) is 15.3 Å². The van der Waals surface area contributed by atoms with E-state index in [2.05, 4.69) is 88.0 Å². The Hall–Kier alpha value is -3.47. The maximum Gasteiger partial charge on any atom is 0.261 e. The highest BCUT2D eigenvalue weighted by molar-refractivity contribution is 6.99. The zero-order valence-electron chi connectivity index (χ0n) is 30.8. The number of halogens is 2. The van der Waals surface area contributed by atoms with E-state index < -0.39 is 19.9 Å². The summed E-state index contributed by atoms with van der Waals surface area (Å²) in [7, 11) is -2.99. The Morgan fingerprint density at radius 3 is 1.90 bits per heavy atom. The number of nitrogens with zero attached hydrogens (tertiary/aromatic N) is 3. The van der Waals surface area contributed by atoms with E-state index in [1.165, 1.54) is 12.3 Å². The van der Waals surface area contributed by atoms with Crippen LogP contribution in [0.5, 0.6) is 0 Å². The molecule has 1 saturated heterocycles. The quantitative estimate of drug-likeness (QED) is 0.134. The number of morpholine rings is 1. The van der Waals surface area contributed by atoms with Crippen molar-refractivity contribution in [3.63, 3.8) is 0 Å². The number of rotatable bonds is 10. The van der Waals surface area contributed by atoms with E-state index in [1.807, 2.05) is 55.1 Å². The summed E-state index contributed by atoms with van der Waals surface area (Å²) in [6, 6.07) is 26.7. The van der Waals surface area contributed by atoms with Gasteiger partial charge < -0.3 is 19.4 Å². The number of ether oxygens (including phenoxy) is 1. The van der Waals surface area contributed by atoms with Crippen molar-refractivity contribution in [2.45, 2.75) is 98.3 Å². The molecular weight excluding hydrogens is 667 g/mol. The van der Waals surface area contributed by atoms with Crippen LogP contribution in [0.2, 0.25) is 10.1 Å². The summed E-state index contributed by atoms with van der Waals surface area (Å²) in [5.74, 6) is -1.50. The highest BCUT2D eigenvalue weighted by atomic mass is 35.5. The smallest absolute Gasteiger partial charge is 0.261 e. The third kappa shape index (κ3) is 9.24. The number of carbonyl (C=O) groups excluding carboxylic acids is 1. The van der Waals surface area contributed by atoms with E-state index in [0.29, 0.717) is 36.6 Å². The van der Waals surface area contributed by atoms with Gasteiger partial charge in [-0.3, -0.25) is 9.78 Å². The highest BCUT2D eigenvalue weighted by Gasteiger charge is 2.50. The molecule has 5 rings (SSSR count). The van der Waals surface area contributed by atoms with E-state index in [4.69, 9.17) is 20.8 Å². The Morgan fingerprint density at radius 1 is 0.940 bits per heavy atom. The molecule has 1 N–H and O–H groups in total. The summed E-state index contributed by atoms with van der Waals surface area (Å²) in [6.07, 6.45) is 1.27. The Morgan fingerprint density at radius 2 is 1.46 bits per heavy atom. The lowest BCUT2D eigenvalue weighted by Gasteiger charge is -2.43. The van der Waals surface area contributed by atoms with Gasteiger partial charge in [-0.25, -0.2) is 9.37 Å². The molecule has 1 fully saturated rings. The van der Waals surface area contributed by atoms with Gasteiger partial charge in [-0.15, -0.1) is 0 Å². The molecule has 2 atom stereocenters. The van der Waals surface area contributed by atoms with Crippen molar-refractivity contribution in [3.8, 4) is 0 Å². The first-order valence-electron chi connectivity index (χ1n) is 17.4. The van der Waals surface area contributed by atoms with Crippen molar-refractivity contribution in [3.05, 3.63) is 113 Å². The van der Waals surface area contributed by atoms with Gasteiger partial charge in [-0.1, -0.05) is 127 Å². The van der Waals surface area contributed by atoms with Crippen molar-refractivity contribution >= 4 is 41.8 Å². The maximum atomic E-state index is 16.0. The molecule has 10 heteroatoms. The SMILES string of the molecule is CC(C)NC(C)C.C[C@@H]1CN(c2c(CO[Si](c3ccccc3)(c3ccccc3)C(C)(C)C)nc(C(=O)c3ccccn3)c(F)c2Cl)C[C@H](C)O1. The first-order chi connectivity index (χ1) is 23.7. The van der Waals surface area contributed by atoms with Crippen LogP contribution in [0.4, 0.5) is 10.1 Å². The normalized spacial score (nSPS) is 16.7. The molecule has 1 aliphatic heterocycles. The predicted octanol–water partition coefficient (Wildman–Crippen LogP) is 7.58. The Kier molecular flexibility index (Phi) is 13.5. The topological polar surface area (TPSA) is 76.6 Å². The molecule has 0 amide bonds. The van der Waals surface area contributed by atoms with Crippen LogP contribution in [-0.2, 0) is 15.8 Å². The minimum absolute atomic E-state index is 0.0191. The first kappa shape index (κ1) is 39.3. The molecule has 0 unspecified atom stereocenters. The monoisotopic (exact) mass is 718 g/mol. The summed E-state index contributed by atoms with van der Waals surface area (Å²) in [5.41, 5.74) is 0.546. The van der Waals surface area contributed by atoms with Crippen LogP contribution in [-0.4, -0.2) is 61.4 Å². The summed E-state index contributed by atoms with van der Waals surface area (Å²) in [4.78, 5) is 24.3. The van der Waals surface area contributed by atoms with Crippen molar-refractivity contribution in [1.29, 1.82) is 0 Å². The van der Waals surface area contributed by atoms with Gasteiger partial charge in [0.2, 0.25) is 5.78 Å². The average Bonchev–Trinajstić information content (AvgIpc) is 3.06. The third-order valence-electron chi connectivity index (χ3n) is 8.49. The van der Waals surface area contributed by atoms with E-state index in [1.54, 1.807) is 12.1 Å². The predicted molar refractivity (Wildman–Crippen MR) is 205 cm³/mol. The number of hydrogen-bond donors (Lipinski definition) is 1. The molecule has 4 aromatic rings. The zero-order chi connectivity index (χ0) is 36.6. The highest BCUT2D eigenvalue weighted by Crippen LogP contribution is 2.40. The fourth-order valence-corrected chi connectivity index (χ4v) is 11.6. The Balaban J connectivity index is 0.000000727. The van der Waals surface area contributed by atoms with Crippen LogP contribution < -0.4 is 20.6 Å². The standard InChI is InChI=1S/C34H37ClFN3O3Si.C6H15N/c1-23-20-39(21-24(2)42-23)32-28(38-31(30(36)29(32)35)33(40)27-18-12-13-19-37-27)22-41-43(34(3,4)5,25-14-8-6-9-15-25)26-16-10-7-11-17-26;1-5(2)7-6(3)4/h6-19,23-24H,20-22H2,1-5H3;5-7H,1-4H3/t23-,24+;. The molecule has 0 radical (unpaired) electrons. The second-order valence-electron chi connectivity index (χ2n) is 14.5. The number of pyridine rings is 2. The minimum atomic E-state index is -2.99. The van der Waals surface area contributed by atoms with E-state index in [9.17, 15) is 4.79 Å². The summed E-state index contributed by atoms with van der Waals surface area (Å²) in [6.45, 7) is 20.1. The van der Waals surface area contributed by atoms with Gasteiger partial charge in [0.1, 0.15) is 10.7 Å². The molecular formula is C40H52ClFN4O3Si. The molecule has 0 saturated carbocycles. The Bertz CT molecular complexity index is 1630. The van der Waals surface area contributed by atoms with Crippen LogP contribution in [0.15, 0.2) is 85.1 Å². The van der Waals surface area contributed by atoms with Crippen LogP contribution >= 0.6 is 11.6 Å². The summed E-state index contributed by atoms with van der Waals surface area (Å²) in [5, 5.41) is 5.05. The van der Waals surface area contributed by atoms with Gasteiger partial charge in [-0.05, 0) is 41.4 Å². The molecule has 0 spiro atoms. The molecule has 2 aromatic carbocycles. The number of carbonyl (C=O) groups is 1. The zero-order valence-corrected chi connectivity index (χ0v) is 32.6.